The van der Waals surface area contributed by atoms with Gasteiger partial charge in [0.05, 0.1) is 12.7 Å². The molecule has 0 bridgehead atoms. The van der Waals surface area contributed by atoms with E-state index in [9.17, 15) is 0 Å². The zero-order valence-electron chi connectivity index (χ0n) is 13.0. The lowest BCUT2D eigenvalue weighted by Crippen LogP contribution is -2.52. The number of nitrogens with one attached hydrogen (secondary N) is 1. The van der Waals surface area contributed by atoms with Gasteiger partial charge < -0.3 is 10.1 Å². The highest BCUT2D eigenvalue weighted by Gasteiger charge is 2.30. The number of hydrogen-bond acceptors (Lipinski definition) is 3. The van der Waals surface area contributed by atoms with Crippen LogP contribution in [0.3, 0.4) is 0 Å². The molecule has 0 amide bonds. The standard InChI is InChI=1S/C16H32N2O/c1-4-9-17-16-8-6-5-7-15(16)11-18-10-14(3)19-12-13(18)2/h13-17H,4-12H2,1-3H3. The van der Waals surface area contributed by atoms with Crippen LogP contribution in [0.15, 0.2) is 0 Å². The molecule has 1 heterocycles. The topological polar surface area (TPSA) is 24.5 Å². The van der Waals surface area contributed by atoms with Gasteiger partial charge in [-0.2, -0.15) is 0 Å². The van der Waals surface area contributed by atoms with Gasteiger partial charge in [0.1, 0.15) is 0 Å². The predicted octanol–water partition coefficient (Wildman–Crippen LogP) is 2.65. The zero-order chi connectivity index (χ0) is 13.7. The summed E-state index contributed by atoms with van der Waals surface area (Å²) in [5.41, 5.74) is 0. The average molecular weight is 268 g/mol. The van der Waals surface area contributed by atoms with Crippen LogP contribution in [0.5, 0.6) is 0 Å². The molecule has 0 aromatic heterocycles. The SMILES string of the molecule is CCCNC1CCCCC1CN1CC(C)OCC1C. The Bertz CT molecular complexity index is 259. The van der Waals surface area contributed by atoms with Crippen molar-refractivity contribution in [1.29, 1.82) is 0 Å². The number of morpholine rings is 1. The summed E-state index contributed by atoms with van der Waals surface area (Å²) in [5.74, 6) is 0.841. The molecule has 1 saturated carbocycles. The summed E-state index contributed by atoms with van der Waals surface area (Å²) in [5, 5.41) is 3.78. The van der Waals surface area contributed by atoms with Crippen LogP contribution in [0.4, 0.5) is 0 Å². The van der Waals surface area contributed by atoms with Crippen LogP contribution in [0.1, 0.15) is 52.9 Å². The summed E-state index contributed by atoms with van der Waals surface area (Å²) >= 11 is 0. The van der Waals surface area contributed by atoms with Crippen molar-refractivity contribution in [2.45, 2.75) is 71.1 Å². The first-order valence-electron chi connectivity index (χ1n) is 8.29. The third kappa shape index (κ3) is 4.44. The van der Waals surface area contributed by atoms with E-state index in [0.717, 1.165) is 25.1 Å². The van der Waals surface area contributed by atoms with Crippen LogP contribution >= 0.6 is 0 Å². The first-order chi connectivity index (χ1) is 9.20. The lowest BCUT2D eigenvalue weighted by molar-refractivity contribution is -0.0573. The molecule has 4 unspecified atom stereocenters. The largest absolute Gasteiger partial charge is 0.376 e. The van der Waals surface area contributed by atoms with Gasteiger partial charge in [-0.25, -0.2) is 0 Å². The van der Waals surface area contributed by atoms with E-state index < -0.39 is 0 Å². The first-order valence-corrected chi connectivity index (χ1v) is 8.29. The lowest BCUT2D eigenvalue weighted by Gasteiger charge is -2.42. The molecule has 0 spiro atoms. The molecule has 2 rings (SSSR count). The number of hydrogen-bond donors (Lipinski definition) is 1. The van der Waals surface area contributed by atoms with Gasteiger partial charge in [-0.05, 0) is 45.6 Å². The minimum absolute atomic E-state index is 0.404. The number of ether oxygens (including phenoxy) is 1. The molecule has 1 N–H and O–H groups in total. The first kappa shape index (κ1) is 15.3. The van der Waals surface area contributed by atoms with Gasteiger partial charge in [0.2, 0.25) is 0 Å². The van der Waals surface area contributed by atoms with Crippen molar-refractivity contribution in [1.82, 2.24) is 10.2 Å². The number of nitrogens with zero attached hydrogens (tertiary/aromatic N) is 1. The summed E-state index contributed by atoms with van der Waals surface area (Å²) in [6.07, 6.45) is 7.25. The summed E-state index contributed by atoms with van der Waals surface area (Å²) in [6, 6.07) is 1.34. The van der Waals surface area contributed by atoms with Crippen molar-refractivity contribution in [3.63, 3.8) is 0 Å². The molecule has 2 fully saturated rings. The van der Waals surface area contributed by atoms with Crippen molar-refractivity contribution >= 4 is 0 Å². The van der Waals surface area contributed by atoms with Crippen molar-refractivity contribution in [2.75, 3.05) is 26.2 Å². The molecule has 4 atom stereocenters. The maximum absolute atomic E-state index is 5.74. The van der Waals surface area contributed by atoms with E-state index in [2.05, 4.69) is 31.0 Å². The van der Waals surface area contributed by atoms with Crippen LogP contribution in [-0.2, 0) is 4.74 Å². The van der Waals surface area contributed by atoms with E-state index in [0.29, 0.717) is 12.1 Å². The van der Waals surface area contributed by atoms with E-state index in [1.165, 1.54) is 45.2 Å². The second-order valence-corrected chi connectivity index (χ2v) is 6.55. The molecule has 112 valence electrons. The van der Waals surface area contributed by atoms with Crippen LogP contribution in [0.2, 0.25) is 0 Å². The minimum atomic E-state index is 0.404. The van der Waals surface area contributed by atoms with Crippen LogP contribution in [-0.4, -0.2) is 49.3 Å². The van der Waals surface area contributed by atoms with E-state index in [-0.39, 0.29) is 0 Å². The Morgan fingerprint density at radius 3 is 2.79 bits per heavy atom. The van der Waals surface area contributed by atoms with Crippen molar-refractivity contribution in [3.05, 3.63) is 0 Å². The highest BCUT2D eigenvalue weighted by Crippen LogP contribution is 2.27. The van der Waals surface area contributed by atoms with Crippen molar-refractivity contribution in [3.8, 4) is 0 Å². The van der Waals surface area contributed by atoms with E-state index in [1.54, 1.807) is 0 Å². The zero-order valence-corrected chi connectivity index (χ0v) is 13.0. The Morgan fingerprint density at radius 2 is 2.00 bits per heavy atom. The Balaban J connectivity index is 1.87. The molecular weight excluding hydrogens is 236 g/mol. The Kier molecular flexibility index (Phi) is 6.11. The van der Waals surface area contributed by atoms with Gasteiger partial charge in [-0.1, -0.05) is 19.8 Å². The summed E-state index contributed by atoms with van der Waals surface area (Å²) in [6.45, 7) is 11.2. The fourth-order valence-corrected chi connectivity index (χ4v) is 3.55. The van der Waals surface area contributed by atoms with E-state index in [1.807, 2.05) is 0 Å². The van der Waals surface area contributed by atoms with Crippen molar-refractivity contribution in [2.24, 2.45) is 5.92 Å². The second kappa shape index (κ2) is 7.61. The van der Waals surface area contributed by atoms with Crippen LogP contribution < -0.4 is 5.32 Å². The molecular formula is C16H32N2O. The van der Waals surface area contributed by atoms with Gasteiger partial charge in [0.15, 0.2) is 0 Å². The van der Waals surface area contributed by atoms with E-state index >= 15 is 0 Å². The molecule has 1 aliphatic carbocycles. The minimum Gasteiger partial charge on any atom is -0.376 e. The fourth-order valence-electron chi connectivity index (χ4n) is 3.55. The molecule has 3 nitrogen and oxygen atoms in total. The summed E-state index contributed by atoms with van der Waals surface area (Å²) in [7, 11) is 0. The maximum atomic E-state index is 5.74. The summed E-state index contributed by atoms with van der Waals surface area (Å²) < 4.78 is 5.74. The Morgan fingerprint density at radius 1 is 1.21 bits per heavy atom. The highest BCUT2D eigenvalue weighted by atomic mass is 16.5. The normalized spacial score (nSPS) is 37.4. The number of rotatable bonds is 5. The molecule has 1 saturated heterocycles. The molecule has 0 aromatic rings. The van der Waals surface area contributed by atoms with Crippen LogP contribution in [0, 0.1) is 5.92 Å². The third-order valence-electron chi connectivity index (χ3n) is 4.77. The van der Waals surface area contributed by atoms with Gasteiger partial charge >= 0.3 is 0 Å². The monoisotopic (exact) mass is 268 g/mol. The average Bonchev–Trinajstić information content (AvgIpc) is 2.42. The Hall–Kier alpha value is -0.120. The molecule has 19 heavy (non-hydrogen) atoms. The molecule has 0 radical (unpaired) electrons. The summed E-state index contributed by atoms with van der Waals surface area (Å²) in [4.78, 5) is 2.66. The predicted molar refractivity (Wildman–Crippen MR) is 80.5 cm³/mol. The molecule has 1 aliphatic heterocycles. The smallest absolute Gasteiger partial charge is 0.0674 e. The third-order valence-corrected chi connectivity index (χ3v) is 4.77. The molecule has 0 aromatic carbocycles. The van der Waals surface area contributed by atoms with Gasteiger partial charge in [-0.15, -0.1) is 0 Å². The maximum Gasteiger partial charge on any atom is 0.0674 e. The van der Waals surface area contributed by atoms with Crippen LogP contribution in [0.25, 0.3) is 0 Å². The second-order valence-electron chi connectivity index (χ2n) is 6.55. The lowest BCUT2D eigenvalue weighted by atomic mass is 9.83. The fraction of sp³-hybridized carbons (Fsp3) is 1.00. The highest BCUT2D eigenvalue weighted by molar-refractivity contribution is 4.86. The van der Waals surface area contributed by atoms with Gasteiger partial charge in [0, 0.05) is 25.2 Å². The van der Waals surface area contributed by atoms with Gasteiger partial charge in [0.25, 0.3) is 0 Å². The Labute approximate surface area is 119 Å². The van der Waals surface area contributed by atoms with Gasteiger partial charge in [-0.3, -0.25) is 4.90 Å². The molecule has 2 aliphatic rings. The quantitative estimate of drug-likeness (QED) is 0.829. The molecule has 3 heteroatoms. The van der Waals surface area contributed by atoms with Crippen molar-refractivity contribution < 1.29 is 4.74 Å². The van der Waals surface area contributed by atoms with E-state index in [4.69, 9.17) is 4.74 Å².